The molecule has 4 rings (SSSR count). The first-order valence-corrected chi connectivity index (χ1v) is 6.74. The van der Waals surface area contributed by atoms with Gasteiger partial charge in [0.15, 0.2) is 0 Å². The van der Waals surface area contributed by atoms with Crippen LogP contribution in [-0.2, 0) is 0 Å². The smallest absolute Gasteiger partial charge is 0.0702 e. The Morgan fingerprint density at radius 2 is 1.20 bits per heavy atom. The minimum absolute atomic E-state index is 1.04. The summed E-state index contributed by atoms with van der Waals surface area (Å²) in [4.78, 5) is 4.54. The van der Waals surface area contributed by atoms with Gasteiger partial charge in [0.2, 0.25) is 0 Å². The number of pyridine rings is 1. The molecule has 0 fully saturated rings. The average molecular weight is 255 g/mol. The first-order valence-electron chi connectivity index (χ1n) is 6.74. The molecule has 0 N–H and O–H groups in total. The maximum absolute atomic E-state index is 4.54. The molecule has 0 spiro atoms. The Labute approximate surface area is 117 Å². The third-order valence-corrected chi connectivity index (χ3v) is 3.69. The standard InChI is InChI=1S/C19H13N/c1-2-7-19-17(4-1)12-18(13-20-19)16-10-8-14-5-3-6-15(14)9-11-16/h1-13H. The van der Waals surface area contributed by atoms with Crippen molar-refractivity contribution in [3.05, 3.63) is 79.0 Å². The van der Waals surface area contributed by atoms with Gasteiger partial charge in [0, 0.05) is 17.1 Å². The second-order valence-electron chi connectivity index (χ2n) is 4.98. The van der Waals surface area contributed by atoms with Crippen LogP contribution in [0.3, 0.4) is 0 Å². The van der Waals surface area contributed by atoms with Gasteiger partial charge in [-0.05, 0) is 28.8 Å². The van der Waals surface area contributed by atoms with Gasteiger partial charge in [-0.15, -0.1) is 0 Å². The largest absolute Gasteiger partial charge is 0.256 e. The summed E-state index contributed by atoms with van der Waals surface area (Å²) in [6, 6.07) is 25.4. The van der Waals surface area contributed by atoms with Crippen LogP contribution in [0, 0.1) is 0 Å². The topological polar surface area (TPSA) is 12.9 Å². The first-order chi connectivity index (χ1) is 9.90. The molecule has 0 saturated carbocycles. The van der Waals surface area contributed by atoms with Gasteiger partial charge in [0.1, 0.15) is 0 Å². The number of rotatable bonds is 1. The molecule has 1 aromatic heterocycles. The van der Waals surface area contributed by atoms with Gasteiger partial charge in [0.25, 0.3) is 0 Å². The van der Waals surface area contributed by atoms with Crippen LogP contribution in [0.25, 0.3) is 33.2 Å². The van der Waals surface area contributed by atoms with E-state index in [1.54, 1.807) is 0 Å². The molecule has 1 aromatic carbocycles. The van der Waals surface area contributed by atoms with Crippen LogP contribution in [0.1, 0.15) is 0 Å². The van der Waals surface area contributed by atoms with Crippen molar-refractivity contribution in [3.8, 4) is 22.3 Å². The van der Waals surface area contributed by atoms with Crippen LogP contribution in [0.15, 0.2) is 79.0 Å². The fraction of sp³-hybridized carbons (Fsp3) is 0. The molecule has 0 unspecified atom stereocenters. The summed E-state index contributed by atoms with van der Waals surface area (Å²) in [7, 11) is 0. The molecule has 1 heteroatoms. The van der Waals surface area contributed by atoms with E-state index < -0.39 is 0 Å². The summed E-state index contributed by atoms with van der Waals surface area (Å²) in [6.07, 6.45) is 1.95. The number of aromatic nitrogens is 1. The van der Waals surface area contributed by atoms with E-state index >= 15 is 0 Å². The predicted octanol–water partition coefficient (Wildman–Crippen LogP) is 5.01. The molecule has 0 saturated heterocycles. The zero-order valence-electron chi connectivity index (χ0n) is 11.0. The molecule has 20 heavy (non-hydrogen) atoms. The Kier molecular flexibility index (Phi) is 2.49. The van der Waals surface area contributed by atoms with Crippen molar-refractivity contribution >= 4 is 10.9 Å². The van der Waals surface area contributed by atoms with E-state index in [9.17, 15) is 0 Å². The summed E-state index contributed by atoms with van der Waals surface area (Å²) < 4.78 is 0. The highest BCUT2D eigenvalue weighted by atomic mass is 14.6. The second-order valence-corrected chi connectivity index (χ2v) is 4.98. The van der Waals surface area contributed by atoms with Crippen molar-refractivity contribution in [2.75, 3.05) is 0 Å². The molecule has 0 atom stereocenters. The Balaban J connectivity index is 1.89. The van der Waals surface area contributed by atoms with Crippen molar-refractivity contribution in [3.63, 3.8) is 0 Å². The number of benzene rings is 1. The molecule has 0 amide bonds. The van der Waals surface area contributed by atoms with Crippen molar-refractivity contribution in [1.82, 2.24) is 4.98 Å². The molecular weight excluding hydrogens is 242 g/mol. The van der Waals surface area contributed by atoms with E-state index in [0.29, 0.717) is 0 Å². The highest BCUT2D eigenvalue weighted by Gasteiger charge is 2.02. The van der Waals surface area contributed by atoms with Crippen molar-refractivity contribution < 1.29 is 0 Å². The molecule has 94 valence electrons. The zero-order chi connectivity index (χ0) is 13.4. The van der Waals surface area contributed by atoms with E-state index in [1.165, 1.54) is 22.1 Å². The monoisotopic (exact) mass is 255 g/mol. The van der Waals surface area contributed by atoms with Gasteiger partial charge in [-0.25, -0.2) is 0 Å². The Bertz CT molecular complexity index is 833. The van der Waals surface area contributed by atoms with Gasteiger partial charge in [0.05, 0.1) is 5.52 Å². The van der Waals surface area contributed by atoms with Crippen LogP contribution >= 0.6 is 0 Å². The quantitative estimate of drug-likeness (QED) is 0.466. The third-order valence-electron chi connectivity index (χ3n) is 3.69. The highest BCUT2D eigenvalue weighted by Crippen LogP contribution is 2.27. The molecule has 1 nitrogen and oxygen atoms in total. The van der Waals surface area contributed by atoms with Gasteiger partial charge in [-0.2, -0.15) is 0 Å². The lowest BCUT2D eigenvalue weighted by molar-refractivity contribution is 1.41. The van der Waals surface area contributed by atoms with Gasteiger partial charge < -0.3 is 0 Å². The van der Waals surface area contributed by atoms with Gasteiger partial charge >= 0.3 is 0 Å². The fourth-order valence-electron chi connectivity index (χ4n) is 2.59. The van der Waals surface area contributed by atoms with E-state index in [2.05, 4.69) is 59.6 Å². The minimum atomic E-state index is 1.04. The Morgan fingerprint density at radius 1 is 0.550 bits per heavy atom. The van der Waals surface area contributed by atoms with Crippen molar-refractivity contribution in [1.29, 1.82) is 0 Å². The predicted molar refractivity (Wildman–Crippen MR) is 83.8 cm³/mol. The summed E-state index contributed by atoms with van der Waals surface area (Å²) in [5, 5.41) is 1.18. The number of nitrogens with zero attached hydrogens (tertiary/aromatic N) is 1. The van der Waals surface area contributed by atoms with Crippen molar-refractivity contribution in [2.45, 2.75) is 0 Å². The van der Waals surface area contributed by atoms with Gasteiger partial charge in [-0.1, -0.05) is 60.7 Å². The minimum Gasteiger partial charge on any atom is -0.256 e. The third kappa shape index (κ3) is 1.84. The van der Waals surface area contributed by atoms with E-state index in [0.717, 1.165) is 11.1 Å². The second kappa shape index (κ2) is 4.46. The molecule has 0 aliphatic heterocycles. The number of para-hydroxylation sites is 1. The lowest BCUT2D eigenvalue weighted by Gasteiger charge is -2.01. The average Bonchev–Trinajstić information content (AvgIpc) is 2.85. The summed E-state index contributed by atoms with van der Waals surface area (Å²) >= 11 is 0. The molecule has 0 radical (unpaired) electrons. The first kappa shape index (κ1) is 11.2. The lowest BCUT2D eigenvalue weighted by Crippen LogP contribution is -1.81. The molecule has 0 bridgehead atoms. The van der Waals surface area contributed by atoms with Crippen LogP contribution in [0.4, 0.5) is 0 Å². The summed E-state index contributed by atoms with van der Waals surface area (Å²) in [5.41, 5.74) is 5.92. The Morgan fingerprint density at radius 3 is 1.95 bits per heavy atom. The molecule has 1 heterocycles. The van der Waals surface area contributed by atoms with E-state index in [-0.39, 0.29) is 0 Å². The number of hydrogen-bond acceptors (Lipinski definition) is 1. The molecule has 2 aliphatic carbocycles. The van der Waals surface area contributed by atoms with Crippen LogP contribution in [-0.4, -0.2) is 4.98 Å². The lowest BCUT2D eigenvalue weighted by atomic mass is 10.1. The van der Waals surface area contributed by atoms with E-state index in [4.69, 9.17) is 0 Å². The molecule has 2 aromatic rings. The number of fused-ring (bicyclic) bond motifs is 2. The SMILES string of the molecule is c1cc2ccc(-c3cnc4ccccc4c3)ccc-2c1. The maximum Gasteiger partial charge on any atom is 0.0702 e. The van der Waals surface area contributed by atoms with Gasteiger partial charge in [-0.3, -0.25) is 4.98 Å². The van der Waals surface area contributed by atoms with Crippen LogP contribution in [0.2, 0.25) is 0 Å². The van der Waals surface area contributed by atoms with E-state index in [1.807, 2.05) is 24.4 Å². The molecular formula is C19H13N. The summed E-state index contributed by atoms with van der Waals surface area (Å²) in [5.74, 6) is 0. The number of hydrogen-bond donors (Lipinski definition) is 0. The normalized spacial score (nSPS) is 11.0. The van der Waals surface area contributed by atoms with Crippen molar-refractivity contribution in [2.24, 2.45) is 0 Å². The Hall–Kier alpha value is -2.67. The van der Waals surface area contributed by atoms with Crippen LogP contribution < -0.4 is 0 Å². The van der Waals surface area contributed by atoms with Crippen LogP contribution in [0.5, 0.6) is 0 Å². The highest BCUT2D eigenvalue weighted by molar-refractivity contribution is 5.83. The summed E-state index contributed by atoms with van der Waals surface area (Å²) in [6.45, 7) is 0. The fourth-order valence-corrected chi connectivity index (χ4v) is 2.59. The zero-order valence-corrected chi connectivity index (χ0v) is 11.0. The maximum atomic E-state index is 4.54. The molecule has 2 aliphatic rings.